The number of carbonyl (C=O) groups is 2. The van der Waals surface area contributed by atoms with Crippen LogP contribution in [0.4, 0.5) is 10.5 Å². The molecule has 0 heterocycles. The van der Waals surface area contributed by atoms with Crippen molar-refractivity contribution in [1.82, 2.24) is 5.32 Å². The Morgan fingerprint density at radius 1 is 1.45 bits per heavy atom. The van der Waals surface area contributed by atoms with Crippen molar-refractivity contribution in [3.63, 3.8) is 0 Å². The molecule has 1 fully saturated rings. The lowest BCUT2D eigenvalue weighted by Crippen LogP contribution is -2.31. The molecule has 1 aromatic carbocycles. The van der Waals surface area contributed by atoms with Crippen LogP contribution in [0.15, 0.2) is 18.2 Å². The molecule has 1 aliphatic rings. The molecule has 1 aliphatic carbocycles. The zero-order valence-electron chi connectivity index (χ0n) is 11.1. The number of rotatable bonds is 5. The second kappa shape index (κ2) is 6.13. The highest BCUT2D eigenvalue weighted by molar-refractivity contribution is 6.33. The van der Waals surface area contributed by atoms with Gasteiger partial charge in [0.25, 0.3) is 0 Å². The van der Waals surface area contributed by atoms with E-state index in [0.29, 0.717) is 11.6 Å². The minimum absolute atomic E-state index is 0.0280. The molecule has 5 nitrogen and oxygen atoms in total. The zero-order valence-corrected chi connectivity index (χ0v) is 11.9. The Labute approximate surface area is 122 Å². The first-order valence-electron chi connectivity index (χ1n) is 6.61. The minimum Gasteiger partial charge on any atom is -0.478 e. The number of carbonyl (C=O) groups excluding carboxylic acids is 1. The van der Waals surface area contributed by atoms with Crippen LogP contribution in [-0.4, -0.2) is 23.1 Å². The maximum absolute atomic E-state index is 11.8. The molecule has 6 heteroatoms. The molecule has 2 rings (SSSR count). The summed E-state index contributed by atoms with van der Waals surface area (Å²) in [4.78, 5) is 22.7. The Bertz CT molecular complexity index is 533. The molecule has 2 unspecified atom stereocenters. The van der Waals surface area contributed by atoms with E-state index < -0.39 is 5.97 Å². The summed E-state index contributed by atoms with van der Waals surface area (Å²) in [7, 11) is 0. The Hall–Kier alpha value is -1.75. The number of carboxylic acids is 1. The Morgan fingerprint density at radius 3 is 2.85 bits per heavy atom. The van der Waals surface area contributed by atoms with Crippen molar-refractivity contribution in [2.24, 2.45) is 5.92 Å². The predicted octanol–water partition coefficient (Wildman–Crippen LogP) is 3.35. The van der Waals surface area contributed by atoms with Crippen LogP contribution in [0.5, 0.6) is 0 Å². The van der Waals surface area contributed by atoms with Gasteiger partial charge in [0, 0.05) is 11.7 Å². The molecule has 0 bridgehead atoms. The lowest BCUT2D eigenvalue weighted by atomic mass is 10.2. The minimum atomic E-state index is -1.12. The number of amides is 2. The molecule has 0 aromatic heterocycles. The van der Waals surface area contributed by atoms with E-state index in [1.54, 1.807) is 6.07 Å². The third-order valence-corrected chi connectivity index (χ3v) is 3.68. The summed E-state index contributed by atoms with van der Waals surface area (Å²) in [6, 6.07) is 4.30. The van der Waals surface area contributed by atoms with E-state index in [0.717, 1.165) is 19.3 Å². The number of nitrogens with one attached hydrogen (secondary N) is 2. The van der Waals surface area contributed by atoms with Gasteiger partial charge in [-0.2, -0.15) is 0 Å². The maximum atomic E-state index is 11.8. The average molecular weight is 297 g/mol. The highest BCUT2D eigenvalue weighted by Crippen LogP contribution is 2.34. The lowest BCUT2D eigenvalue weighted by Gasteiger charge is -2.08. The largest absolute Gasteiger partial charge is 0.478 e. The van der Waals surface area contributed by atoms with Crippen molar-refractivity contribution >= 4 is 29.3 Å². The normalized spacial score (nSPS) is 20.3. The summed E-state index contributed by atoms with van der Waals surface area (Å²) in [5.41, 5.74) is 0.386. The van der Waals surface area contributed by atoms with Gasteiger partial charge in [-0.05, 0) is 37.0 Å². The van der Waals surface area contributed by atoms with E-state index in [4.69, 9.17) is 16.7 Å². The highest BCUT2D eigenvalue weighted by atomic mass is 35.5. The van der Waals surface area contributed by atoms with E-state index >= 15 is 0 Å². The van der Waals surface area contributed by atoms with Gasteiger partial charge >= 0.3 is 12.0 Å². The van der Waals surface area contributed by atoms with Crippen LogP contribution in [-0.2, 0) is 0 Å². The van der Waals surface area contributed by atoms with E-state index in [9.17, 15) is 9.59 Å². The van der Waals surface area contributed by atoms with E-state index in [2.05, 4.69) is 17.6 Å². The van der Waals surface area contributed by atoms with Crippen molar-refractivity contribution < 1.29 is 14.7 Å². The molecule has 0 spiro atoms. The summed E-state index contributed by atoms with van der Waals surface area (Å²) in [6.45, 7) is 2.12. The van der Waals surface area contributed by atoms with Gasteiger partial charge in [0.15, 0.2) is 0 Å². The van der Waals surface area contributed by atoms with Gasteiger partial charge in [0.1, 0.15) is 0 Å². The van der Waals surface area contributed by atoms with Crippen molar-refractivity contribution in [3.05, 3.63) is 28.8 Å². The lowest BCUT2D eigenvalue weighted by molar-refractivity contribution is 0.0697. The Morgan fingerprint density at radius 2 is 2.20 bits per heavy atom. The van der Waals surface area contributed by atoms with Crippen LogP contribution >= 0.6 is 11.6 Å². The van der Waals surface area contributed by atoms with E-state index in [1.165, 1.54) is 12.1 Å². The number of anilines is 1. The molecule has 0 aliphatic heterocycles. The van der Waals surface area contributed by atoms with Crippen molar-refractivity contribution in [2.45, 2.75) is 32.2 Å². The number of urea groups is 1. The summed E-state index contributed by atoms with van der Waals surface area (Å²) in [5, 5.41) is 14.6. The van der Waals surface area contributed by atoms with Crippen LogP contribution < -0.4 is 10.6 Å². The standard InChI is InChI=1S/C14H17ClN2O3/c1-2-3-8-6-12(8)17-14(20)16-9-4-5-11(15)10(7-9)13(18)19/h4-5,7-8,12H,2-3,6H2,1H3,(H,18,19)(H2,16,17,20). The number of hydrogen-bond acceptors (Lipinski definition) is 2. The topological polar surface area (TPSA) is 78.4 Å². The highest BCUT2D eigenvalue weighted by Gasteiger charge is 2.37. The molecule has 2 amide bonds. The van der Waals surface area contributed by atoms with E-state index in [-0.39, 0.29) is 22.7 Å². The predicted molar refractivity (Wildman–Crippen MR) is 77.4 cm³/mol. The number of benzene rings is 1. The number of hydrogen-bond donors (Lipinski definition) is 3. The summed E-state index contributed by atoms with van der Waals surface area (Å²) >= 11 is 5.77. The molecule has 1 saturated carbocycles. The van der Waals surface area contributed by atoms with Crippen LogP contribution in [0.2, 0.25) is 5.02 Å². The second-order valence-electron chi connectivity index (χ2n) is 4.99. The van der Waals surface area contributed by atoms with Gasteiger partial charge in [-0.3, -0.25) is 0 Å². The molecular weight excluding hydrogens is 280 g/mol. The molecule has 1 aromatic rings. The van der Waals surface area contributed by atoms with Crippen molar-refractivity contribution in [3.8, 4) is 0 Å². The van der Waals surface area contributed by atoms with Crippen LogP contribution in [0, 0.1) is 5.92 Å². The fraction of sp³-hybridized carbons (Fsp3) is 0.429. The average Bonchev–Trinajstić information content (AvgIpc) is 3.09. The van der Waals surface area contributed by atoms with Gasteiger partial charge in [-0.25, -0.2) is 9.59 Å². The van der Waals surface area contributed by atoms with Gasteiger partial charge in [0.2, 0.25) is 0 Å². The molecule has 3 N–H and O–H groups in total. The first-order chi connectivity index (χ1) is 9.51. The van der Waals surface area contributed by atoms with Crippen LogP contribution in [0.1, 0.15) is 36.5 Å². The molecular formula is C14H17ClN2O3. The van der Waals surface area contributed by atoms with Gasteiger partial charge in [0.05, 0.1) is 10.6 Å². The van der Waals surface area contributed by atoms with Crippen LogP contribution in [0.3, 0.4) is 0 Å². The third kappa shape index (κ3) is 3.63. The SMILES string of the molecule is CCCC1CC1NC(=O)Nc1ccc(Cl)c(C(=O)O)c1. The Kier molecular flexibility index (Phi) is 4.49. The third-order valence-electron chi connectivity index (χ3n) is 3.35. The number of aromatic carboxylic acids is 1. The van der Waals surface area contributed by atoms with Gasteiger partial charge < -0.3 is 15.7 Å². The van der Waals surface area contributed by atoms with Gasteiger partial charge in [-0.1, -0.05) is 24.9 Å². The van der Waals surface area contributed by atoms with Crippen LogP contribution in [0.25, 0.3) is 0 Å². The smallest absolute Gasteiger partial charge is 0.337 e. The first kappa shape index (κ1) is 14.7. The molecule has 0 saturated heterocycles. The maximum Gasteiger partial charge on any atom is 0.337 e. The van der Waals surface area contributed by atoms with Crippen molar-refractivity contribution in [1.29, 1.82) is 0 Å². The fourth-order valence-corrected chi connectivity index (χ4v) is 2.42. The second-order valence-corrected chi connectivity index (χ2v) is 5.40. The van der Waals surface area contributed by atoms with Crippen molar-refractivity contribution in [2.75, 3.05) is 5.32 Å². The first-order valence-corrected chi connectivity index (χ1v) is 6.99. The monoisotopic (exact) mass is 296 g/mol. The number of carboxylic acid groups (broad SMARTS) is 1. The summed E-state index contributed by atoms with van der Waals surface area (Å²) in [6.07, 6.45) is 3.25. The summed E-state index contributed by atoms with van der Waals surface area (Å²) < 4.78 is 0. The van der Waals surface area contributed by atoms with Gasteiger partial charge in [-0.15, -0.1) is 0 Å². The number of halogens is 1. The van der Waals surface area contributed by atoms with E-state index in [1.807, 2.05) is 0 Å². The fourth-order valence-electron chi connectivity index (χ4n) is 2.22. The molecule has 20 heavy (non-hydrogen) atoms. The zero-order chi connectivity index (χ0) is 14.7. The molecule has 0 radical (unpaired) electrons. The molecule has 108 valence electrons. The Balaban J connectivity index is 1.92. The summed E-state index contributed by atoms with van der Waals surface area (Å²) in [5.74, 6) is -0.546. The molecule has 2 atom stereocenters. The quantitative estimate of drug-likeness (QED) is 0.779.